The molecule has 2 rings (SSSR count). The van der Waals surface area contributed by atoms with Crippen LogP contribution < -0.4 is 4.74 Å². The van der Waals surface area contributed by atoms with Crippen LogP contribution in [0.3, 0.4) is 0 Å². The molecule has 0 atom stereocenters. The van der Waals surface area contributed by atoms with Gasteiger partial charge in [-0.05, 0) is 52.3 Å². The van der Waals surface area contributed by atoms with E-state index in [1.54, 1.807) is 18.2 Å². The second-order valence-electron chi connectivity index (χ2n) is 4.01. The number of hydrogen-bond donors (Lipinski definition) is 0. The Bertz CT molecular complexity index is 695. The van der Waals surface area contributed by atoms with Crippen LogP contribution in [0.1, 0.15) is 21.5 Å². The van der Waals surface area contributed by atoms with E-state index in [9.17, 15) is 9.18 Å². The standard InChI is InChI=1S/C15H9BrFNO2/c16-14-5-10(8-19)1-4-15(14)20-9-12-6-13(17)3-2-11(12)7-18/h1-6,8H,9H2. The van der Waals surface area contributed by atoms with Crippen molar-refractivity contribution in [2.75, 3.05) is 0 Å². The Morgan fingerprint density at radius 2 is 2.10 bits per heavy atom. The zero-order valence-electron chi connectivity index (χ0n) is 10.3. The maximum absolute atomic E-state index is 13.2. The Morgan fingerprint density at radius 3 is 2.75 bits per heavy atom. The lowest BCUT2D eigenvalue weighted by atomic mass is 10.1. The highest BCUT2D eigenvalue weighted by atomic mass is 79.9. The van der Waals surface area contributed by atoms with Crippen LogP contribution in [0.5, 0.6) is 5.75 Å². The first-order valence-corrected chi connectivity index (χ1v) is 6.49. The van der Waals surface area contributed by atoms with Crippen molar-refractivity contribution in [1.29, 1.82) is 5.26 Å². The van der Waals surface area contributed by atoms with Gasteiger partial charge in [0.1, 0.15) is 24.5 Å². The normalized spacial score (nSPS) is 9.85. The van der Waals surface area contributed by atoms with Gasteiger partial charge in [0.15, 0.2) is 0 Å². The number of carbonyl (C=O) groups is 1. The van der Waals surface area contributed by atoms with Gasteiger partial charge in [-0.2, -0.15) is 5.26 Å². The number of carbonyl (C=O) groups excluding carboxylic acids is 1. The van der Waals surface area contributed by atoms with Crippen molar-refractivity contribution in [3.63, 3.8) is 0 Å². The van der Waals surface area contributed by atoms with E-state index in [-0.39, 0.29) is 6.61 Å². The molecule has 0 aliphatic rings. The van der Waals surface area contributed by atoms with Gasteiger partial charge in [0, 0.05) is 11.1 Å². The molecule has 0 saturated carbocycles. The van der Waals surface area contributed by atoms with Crippen LogP contribution in [0.4, 0.5) is 4.39 Å². The lowest BCUT2D eigenvalue weighted by Crippen LogP contribution is -2.00. The average molecular weight is 334 g/mol. The van der Waals surface area contributed by atoms with Gasteiger partial charge in [0.2, 0.25) is 0 Å². The largest absolute Gasteiger partial charge is 0.488 e. The summed E-state index contributed by atoms with van der Waals surface area (Å²) in [5.74, 6) is 0.0988. The van der Waals surface area contributed by atoms with Crippen LogP contribution in [0.25, 0.3) is 0 Å². The molecule has 0 heterocycles. The zero-order chi connectivity index (χ0) is 14.5. The van der Waals surface area contributed by atoms with E-state index in [0.717, 1.165) is 6.29 Å². The van der Waals surface area contributed by atoms with Crippen LogP contribution in [-0.2, 0) is 6.61 Å². The van der Waals surface area contributed by atoms with Crippen molar-refractivity contribution in [3.05, 3.63) is 63.4 Å². The second-order valence-corrected chi connectivity index (χ2v) is 4.86. The van der Waals surface area contributed by atoms with Crippen LogP contribution >= 0.6 is 15.9 Å². The van der Waals surface area contributed by atoms with Crippen LogP contribution in [0, 0.1) is 17.1 Å². The lowest BCUT2D eigenvalue weighted by molar-refractivity contribution is 0.112. The molecule has 0 saturated heterocycles. The zero-order valence-corrected chi connectivity index (χ0v) is 11.9. The molecular weight excluding hydrogens is 325 g/mol. The first-order chi connectivity index (χ1) is 9.63. The molecule has 0 amide bonds. The van der Waals surface area contributed by atoms with Crippen molar-refractivity contribution in [2.24, 2.45) is 0 Å². The maximum atomic E-state index is 13.2. The summed E-state index contributed by atoms with van der Waals surface area (Å²) >= 11 is 3.29. The predicted molar refractivity (Wildman–Crippen MR) is 75.0 cm³/mol. The smallest absolute Gasteiger partial charge is 0.150 e. The average Bonchev–Trinajstić information content (AvgIpc) is 2.46. The Morgan fingerprint density at radius 1 is 1.30 bits per heavy atom. The Hall–Kier alpha value is -2.19. The first kappa shape index (κ1) is 14.2. The summed E-state index contributed by atoms with van der Waals surface area (Å²) in [4.78, 5) is 10.6. The Balaban J connectivity index is 2.19. The number of benzene rings is 2. The molecule has 2 aromatic rings. The van der Waals surface area contributed by atoms with Crippen molar-refractivity contribution in [2.45, 2.75) is 6.61 Å². The number of ether oxygens (including phenoxy) is 1. The van der Waals surface area contributed by atoms with Gasteiger partial charge < -0.3 is 4.74 Å². The Labute approximate surface area is 123 Å². The summed E-state index contributed by atoms with van der Waals surface area (Å²) in [6, 6.07) is 10.8. The molecule has 100 valence electrons. The summed E-state index contributed by atoms with van der Waals surface area (Å²) in [7, 11) is 0. The van der Waals surface area contributed by atoms with Gasteiger partial charge in [0.25, 0.3) is 0 Å². The van der Waals surface area contributed by atoms with Gasteiger partial charge in [0.05, 0.1) is 16.1 Å². The molecule has 0 fully saturated rings. The summed E-state index contributed by atoms with van der Waals surface area (Å²) in [5.41, 5.74) is 1.36. The molecule has 0 unspecified atom stereocenters. The molecule has 5 heteroatoms. The molecule has 2 aromatic carbocycles. The quantitative estimate of drug-likeness (QED) is 0.798. The highest BCUT2D eigenvalue weighted by Crippen LogP contribution is 2.26. The third-order valence-electron chi connectivity index (χ3n) is 2.66. The van der Waals surface area contributed by atoms with E-state index in [0.29, 0.717) is 26.9 Å². The van der Waals surface area contributed by atoms with Crippen molar-refractivity contribution >= 4 is 22.2 Å². The minimum Gasteiger partial charge on any atom is -0.488 e. The summed E-state index contributed by atoms with van der Waals surface area (Å²) < 4.78 is 19.3. The van der Waals surface area contributed by atoms with Crippen molar-refractivity contribution in [3.8, 4) is 11.8 Å². The van der Waals surface area contributed by atoms with E-state index in [1.165, 1.54) is 18.2 Å². The van der Waals surface area contributed by atoms with Crippen LogP contribution in [-0.4, -0.2) is 6.29 Å². The summed E-state index contributed by atoms with van der Waals surface area (Å²) in [5, 5.41) is 8.95. The van der Waals surface area contributed by atoms with Crippen LogP contribution in [0.2, 0.25) is 0 Å². The molecule has 0 spiro atoms. The van der Waals surface area contributed by atoms with E-state index in [1.807, 2.05) is 6.07 Å². The summed E-state index contributed by atoms with van der Waals surface area (Å²) in [6.07, 6.45) is 0.731. The van der Waals surface area contributed by atoms with Crippen molar-refractivity contribution in [1.82, 2.24) is 0 Å². The Kier molecular flexibility index (Phi) is 4.49. The predicted octanol–water partition coefficient (Wildman–Crippen LogP) is 3.85. The topological polar surface area (TPSA) is 50.1 Å². The first-order valence-electron chi connectivity index (χ1n) is 5.70. The number of rotatable bonds is 4. The molecule has 0 N–H and O–H groups in total. The number of halogens is 2. The molecule has 0 radical (unpaired) electrons. The summed E-state index contributed by atoms with van der Waals surface area (Å²) in [6.45, 7) is 0.0691. The van der Waals surface area contributed by atoms with Gasteiger partial charge in [-0.3, -0.25) is 4.79 Å². The molecular formula is C15H9BrFNO2. The number of nitrogens with zero attached hydrogens (tertiary/aromatic N) is 1. The second kappa shape index (κ2) is 6.31. The fourth-order valence-corrected chi connectivity index (χ4v) is 2.16. The van der Waals surface area contributed by atoms with Gasteiger partial charge >= 0.3 is 0 Å². The molecule has 0 bridgehead atoms. The number of aldehydes is 1. The molecule has 20 heavy (non-hydrogen) atoms. The van der Waals surface area contributed by atoms with E-state index >= 15 is 0 Å². The molecule has 3 nitrogen and oxygen atoms in total. The molecule has 0 aliphatic carbocycles. The van der Waals surface area contributed by atoms with Crippen molar-refractivity contribution < 1.29 is 13.9 Å². The number of hydrogen-bond acceptors (Lipinski definition) is 3. The van der Waals surface area contributed by atoms with Crippen LogP contribution in [0.15, 0.2) is 40.9 Å². The third-order valence-corrected chi connectivity index (χ3v) is 3.28. The lowest BCUT2D eigenvalue weighted by Gasteiger charge is -2.09. The fourth-order valence-electron chi connectivity index (χ4n) is 1.65. The fraction of sp³-hybridized carbons (Fsp3) is 0.0667. The molecule has 0 aromatic heterocycles. The highest BCUT2D eigenvalue weighted by Gasteiger charge is 2.07. The maximum Gasteiger partial charge on any atom is 0.150 e. The third kappa shape index (κ3) is 3.22. The van der Waals surface area contributed by atoms with E-state index in [4.69, 9.17) is 10.00 Å². The van der Waals surface area contributed by atoms with Gasteiger partial charge in [-0.15, -0.1) is 0 Å². The SMILES string of the molecule is N#Cc1ccc(F)cc1COc1ccc(C=O)cc1Br. The highest BCUT2D eigenvalue weighted by molar-refractivity contribution is 9.10. The monoisotopic (exact) mass is 333 g/mol. The minimum atomic E-state index is -0.419. The van der Waals surface area contributed by atoms with Gasteiger partial charge in [-0.25, -0.2) is 4.39 Å². The number of nitriles is 1. The van der Waals surface area contributed by atoms with E-state index in [2.05, 4.69) is 15.9 Å². The van der Waals surface area contributed by atoms with Gasteiger partial charge in [-0.1, -0.05) is 0 Å². The minimum absolute atomic E-state index is 0.0691. The molecule has 0 aliphatic heterocycles. The van der Waals surface area contributed by atoms with E-state index < -0.39 is 5.82 Å².